The molecule has 1 saturated carbocycles. The highest BCUT2D eigenvalue weighted by atomic mass is 32.2. The molecule has 2 fully saturated rings. The fraction of sp³-hybridized carbons (Fsp3) is 0.929. The number of amides is 1. The molecule has 7 heteroatoms. The monoisotopic (exact) mass is 318 g/mol. The molecule has 3 unspecified atom stereocenters. The maximum absolute atomic E-state index is 12.0. The summed E-state index contributed by atoms with van der Waals surface area (Å²) >= 11 is 0. The molecular formula is C14H26N2O4S. The van der Waals surface area contributed by atoms with E-state index >= 15 is 0 Å². The van der Waals surface area contributed by atoms with Gasteiger partial charge in [-0.2, -0.15) is 0 Å². The first-order chi connectivity index (χ1) is 10.00. The van der Waals surface area contributed by atoms with Crippen LogP contribution in [-0.4, -0.2) is 56.7 Å². The minimum absolute atomic E-state index is 0.0448. The fourth-order valence-electron chi connectivity index (χ4n) is 3.33. The van der Waals surface area contributed by atoms with Crippen molar-refractivity contribution in [2.75, 3.05) is 31.2 Å². The van der Waals surface area contributed by atoms with Crippen molar-refractivity contribution in [3.63, 3.8) is 0 Å². The van der Waals surface area contributed by atoms with Gasteiger partial charge in [0.15, 0.2) is 9.84 Å². The van der Waals surface area contributed by atoms with Crippen LogP contribution in [0.25, 0.3) is 0 Å². The van der Waals surface area contributed by atoms with Crippen molar-refractivity contribution >= 4 is 15.7 Å². The minimum Gasteiger partial charge on any atom is -0.396 e. The highest BCUT2D eigenvalue weighted by Crippen LogP contribution is 2.29. The zero-order chi connectivity index (χ0) is 15.3. The number of hydrogen-bond acceptors (Lipinski definition) is 5. The molecule has 122 valence electrons. The first kappa shape index (κ1) is 16.7. The zero-order valence-corrected chi connectivity index (χ0v) is 13.2. The maximum atomic E-state index is 12.0. The Morgan fingerprint density at radius 2 is 1.95 bits per heavy atom. The maximum Gasteiger partial charge on any atom is 0.221 e. The van der Waals surface area contributed by atoms with Crippen LogP contribution in [0.15, 0.2) is 0 Å². The van der Waals surface area contributed by atoms with Gasteiger partial charge in [0, 0.05) is 32.2 Å². The van der Waals surface area contributed by atoms with E-state index in [1.807, 2.05) is 0 Å². The van der Waals surface area contributed by atoms with Gasteiger partial charge in [-0.1, -0.05) is 12.8 Å². The van der Waals surface area contributed by atoms with Gasteiger partial charge in [-0.25, -0.2) is 8.42 Å². The summed E-state index contributed by atoms with van der Waals surface area (Å²) in [7, 11) is -3.00. The van der Waals surface area contributed by atoms with E-state index in [-0.39, 0.29) is 42.4 Å². The lowest BCUT2D eigenvalue weighted by molar-refractivity contribution is -0.121. The summed E-state index contributed by atoms with van der Waals surface area (Å²) in [6.45, 7) is 1.20. The van der Waals surface area contributed by atoms with Crippen molar-refractivity contribution in [1.82, 2.24) is 10.6 Å². The van der Waals surface area contributed by atoms with Gasteiger partial charge in [0.2, 0.25) is 5.91 Å². The number of aliphatic hydroxyl groups is 1. The molecule has 0 bridgehead atoms. The Balaban J connectivity index is 1.74. The summed E-state index contributed by atoms with van der Waals surface area (Å²) in [6.07, 6.45) is 4.58. The van der Waals surface area contributed by atoms with E-state index in [9.17, 15) is 18.3 Å². The third kappa shape index (κ3) is 5.23. The Morgan fingerprint density at radius 1 is 1.24 bits per heavy atom. The van der Waals surface area contributed by atoms with Crippen molar-refractivity contribution in [1.29, 1.82) is 0 Å². The van der Waals surface area contributed by atoms with Crippen LogP contribution < -0.4 is 10.6 Å². The quantitative estimate of drug-likeness (QED) is 0.646. The minimum atomic E-state index is -3.00. The molecule has 0 spiro atoms. The number of carbonyl (C=O) groups is 1. The standard InChI is InChI=1S/C14H26N2O4S/c17-9-12-4-2-1-3-11(12)8-16-14(18)7-13-10-21(19,20)6-5-15-13/h11-13,15,17H,1-10H2,(H,16,18). The van der Waals surface area contributed by atoms with Crippen molar-refractivity contribution in [3.05, 3.63) is 0 Å². The zero-order valence-electron chi connectivity index (χ0n) is 12.4. The Morgan fingerprint density at radius 3 is 2.62 bits per heavy atom. The van der Waals surface area contributed by atoms with Gasteiger partial charge in [0.05, 0.1) is 11.5 Å². The van der Waals surface area contributed by atoms with Crippen molar-refractivity contribution < 1.29 is 18.3 Å². The molecule has 0 aromatic carbocycles. The van der Waals surface area contributed by atoms with Gasteiger partial charge in [0.25, 0.3) is 0 Å². The Kier molecular flexibility index (Phi) is 6.01. The molecule has 3 N–H and O–H groups in total. The number of sulfone groups is 1. The highest BCUT2D eigenvalue weighted by Gasteiger charge is 2.27. The molecule has 0 radical (unpaired) electrons. The Labute approximate surface area is 126 Å². The summed E-state index contributed by atoms with van der Waals surface area (Å²) in [5.74, 6) is 0.726. The Bertz CT molecular complexity index is 452. The number of nitrogens with one attached hydrogen (secondary N) is 2. The van der Waals surface area contributed by atoms with Crippen LogP contribution in [0, 0.1) is 11.8 Å². The van der Waals surface area contributed by atoms with E-state index in [2.05, 4.69) is 10.6 Å². The van der Waals surface area contributed by atoms with Crippen LogP contribution in [-0.2, 0) is 14.6 Å². The Hall–Kier alpha value is -0.660. The van der Waals surface area contributed by atoms with Gasteiger partial charge < -0.3 is 15.7 Å². The summed E-state index contributed by atoms with van der Waals surface area (Å²) in [4.78, 5) is 12.0. The van der Waals surface area contributed by atoms with Crippen molar-refractivity contribution in [2.45, 2.75) is 38.1 Å². The predicted molar refractivity (Wildman–Crippen MR) is 80.6 cm³/mol. The third-order valence-electron chi connectivity index (χ3n) is 4.60. The number of rotatable bonds is 5. The van der Waals surface area contributed by atoms with E-state index in [0.29, 0.717) is 19.0 Å². The van der Waals surface area contributed by atoms with Crippen molar-refractivity contribution in [3.8, 4) is 0 Å². The van der Waals surface area contributed by atoms with Crippen molar-refractivity contribution in [2.24, 2.45) is 11.8 Å². The molecule has 1 saturated heterocycles. The molecule has 6 nitrogen and oxygen atoms in total. The number of hydrogen-bond donors (Lipinski definition) is 3. The summed E-state index contributed by atoms with van der Waals surface area (Å²) in [5.41, 5.74) is 0. The molecule has 0 aromatic heterocycles. The molecule has 2 rings (SSSR count). The molecule has 0 aromatic rings. The van der Waals surface area contributed by atoms with Gasteiger partial charge in [-0.3, -0.25) is 4.79 Å². The lowest BCUT2D eigenvalue weighted by Crippen LogP contribution is -2.47. The highest BCUT2D eigenvalue weighted by molar-refractivity contribution is 7.91. The first-order valence-corrected chi connectivity index (χ1v) is 9.63. The van der Waals surface area contributed by atoms with Crippen LogP contribution in [0.2, 0.25) is 0 Å². The lowest BCUT2D eigenvalue weighted by Gasteiger charge is -2.30. The van der Waals surface area contributed by atoms with Gasteiger partial charge in [-0.15, -0.1) is 0 Å². The second-order valence-corrected chi connectivity index (χ2v) is 8.49. The second-order valence-electron chi connectivity index (χ2n) is 6.26. The third-order valence-corrected chi connectivity index (χ3v) is 6.33. The molecular weight excluding hydrogens is 292 g/mol. The first-order valence-electron chi connectivity index (χ1n) is 7.81. The smallest absolute Gasteiger partial charge is 0.221 e. The van der Waals surface area contributed by atoms with Gasteiger partial charge in [0.1, 0.15) is 0 Å². The van der Waals surface area contributed by atoms with E-state index in [0.717, 1.165) is 25.7 Å². The average molecular weight is 318 g/mol. The summed E-state index contributed by atoms with van der Waals surface area (Å²) in [6, 6.07) is -0.274. The van der Waals surface area contributed by atoms with Crippen LogP contribution >= 0.6 is 0 Å². The number of carbonyl (C=O) groups excluding carboxylic acids is 1. The summed E-state index contributed by atoms with van der Waals surface area (Å²) in [5, 5.41) is 15.3. The largest absolute Gasteiger partial charge is 0.396 e. The van der Waals surface area contributed by atoms with Gasteiger partial charge in [-0.05, 0) is 24.7 Å². The molecule has 1 aliphatic heterocycles. The lowest BCUT2D eigenvalue weighted by atomic mass is 9.79. The summed E-state index contributed by atoms with van der Waals surface area (Å²) < 4.78 is 23.1. The molecule has 21 heavy (non-hydrogen) atoms. The van der Waals surface area contributed by atoms with Gasteiger partial charge >= 0.3 is 0 Å². The topological polar surface area (TPSA) is 95.5 Å². The predicted octanol–water partition coefficient (Wildman–Crippen LogP) is -0.322. The van der Waals surface area contributed by atoms with Crippen LogP contribution in [0.5, 0.6) is 0 Å². The fourth-order valence-corrected chi connectivity index (χ4v) is 4.78. The molecule has 1 heterocycles. The van der Waals surface area contributed by atoms with Crippen LogP contribution in [0.1, 0.15) is 32.1 Å². The molecule has 3 atom stereocenters. The van der Waals surface area contributed by atoms with Crippen LogP contribution in [0.3, 0.4) is 0 Å². The number of aliphatic hydroxyl groups excluding tert-OH is 1. The normalized spacial score (nSPS) is 32.5. The molecule has 1 amide bonds. The van der Waals surface area contributed by atoms with Crippen LogP contribution in [0.4, 0.5) is 0 Å². The van der Waals surface area contributed by atoms with E-state index < -0.39 is 9.84 Å². The second kappa shape index (κ2) is 7.56. The average Bonchev–Trinajstić information content (AvgIpc) is 2.44. The SMILES string of the molecule is O=C(CC1CS(=O)(=O)CCN1)NCC1CCCCC1CO. The van der Waals surface area contributed by atoms with E-state index in [1.165, 1.54) is 0 Å². The molecule has 2 aliphatic rings. The molecule has 1 aliphatic carbocycles. The van der Waals surface area contributed by atoms with E-state index in [4.69, 9.17) is 0 Å². The van der Waals surface area contributed by atoms with E-state index in [1.54, 1.807) is 0 Å².